The minimum atomic E-state index is -0.763. The van der Waals surface area contributed by atoms with Crippen LogP contribution in [-0.2, 0) is 20.8 Å². The Morgan fingerprint density at radius 2 is 2.03 bits per heavy atom. The minimum Gasteiger partial charge on any atom is -0.484 e. The van der Waals surface area contributed by atoms with Gasteiger partial charge in [0, 0.05) is 17.8 Å². The summed E-state index contributed by atoms with van der Waals surface area (Å²) in [5, 5.41) is 8.29. The number of hydrogen-bond donors (Lipinski definition) is 4. The van der Waals surface area contributed by atoms with Crippen molar-refractivity contribution in [2.75, 3.05) is 29.2 Å². The van der Waals surface area contributed by atoms with Gasteiger partial charge in [-0.2, -0.15) is 11.8 Å². The van der Waals surface area contributed by atoms with Gasteiger partial charge in [0.25, 0.3) is 5.91 Å². The number of rotatable bonds is 9. The average Bonchev–Trinajstić information content (AvgIpc) is 3.19. The minimum absolute atomic E-state index is 0.0203. The molecule has 1 atom stereocenters. The summed E-state index contributed by atoms with van der Waals surface area (Å²) in [5.41, 5.74) is 3.02. The van der Waals surface area contributed by atoms with E-state index >= 15 is 0 Å². The number of nitrogens with one attached hydrogen (secondary N) is 4. The second kappa shape index (κ2) is 10.5. The van der Waals surface area contributed by atoms with Crippen molar-refractivity contribution in [1.82, 2.24) is 10.3 Å². The Kier molecular flexibility index (Phi) is 7.21. The summed E-state index contributed by atoms with van der Waals surface area (Å²) in [4.78, 5) is 50.7. The van der Waals surface area contributed by atoms with E-state index in [4.69, 9.17) is 9.15 Å². The van der Waals surface area contributed by atoms with Gasteiger partial charge in [0.2, 0.25) is 11.8 Å². The number of aromatic nitrogens is 1. The molecule has 0 aliphatic carbocycles. The van der Waals surface area contributed by atoms with E-state index in [1.165, 1.54) is 0 Å². The molecule has 0 saturated heterocycles. The fourth-order valence-corrected chi connectivity index (χ4v) is 4.07. The van der Waals surface area contributed by atoms with Crippen molar-refractivity contribution in [3.05, 3.63) is 52.5 Å². The predicted molar refractivity (Wildman–Crippen MR) is 129 cm³/mol. The lowest BCUT2D eigenvalue weighted by Crippen LogP contribution is -2.45. The number of aromatic amines is 1. The zero-order valence-corrected chi connectivity index (χ0v) is 19.3. The first-order valence-corrected chi connectivity index (χ1v) is 12.1. The first-order chi connectivity index (χ1) is 16.4. The number of hydrogen-bond acceptors (Lipinski definition) is 7. The zero-order chi connectivity index (χ0) is 24.1. The molecule has 1 aromatic heterocycles. The summed E-state index contributed by atoms with van der Waals surface area (Å²) in [6.07, 6.45) is 3.37. The molecule has 2 aromatic carbocycles. The highest BCUT2D eigenvalue weighted by Gasteiger charge is 2.21. The number of oxazole rings is 1. The van der Waals surface area contributed by atoms with Crippen LogP contribution in [0.5, 0.6) is 5.75 Å². The predicted octanol–water partition coefficient (Wildman–Crippen LogP) is 2.26. The van der Waals surface area contributed by atoms with E-state index in [1.54, 1.807) is 48.2 Å². The molecule has 11 heteroatoms. The molecule has 2 heterocycles. The summed E-state index contributed by atoms with van der Waals surface area (Å²) in [7, 11) is 0. The lowest BCUT2D eigenvalue weighted by atomic mass is 10.0. The van der Waals surface area contributed by atoms with E-state index in [-0.39, 0.29) is 18.4 Å². The van der Waals surface area contributed by atoms with Crippen LogP contribution in [0.25, 0.3) is 11.1 Å². The van der Waals surface area contributed by atoms with Gasteiger partial charge in [0.1, 0.15) is 11.8 Å². The molecule has 0 fully saturated rings. The van der Waals surface area contributed by atoms with Crippen molar-refractivity contribution < 1.29 is 23.5 Å². The molecule has 0 radical (unpaired) electrons. The largest absolute Gasteiger partial charge is 0.484 e. The normalized spacial score (nSPS) is 13.6. The van der Waals surface area contributed by atoms with Gasteiger partial charge in [-0.3, -0.25) is 19.4 Å². The molecule has 3 amide bonds. The molecule has 178 valence electrons. The number of carbonyl (C=O) groups excluding carboxylic acids is 3. The number of thioether (sulfide) groups is 1. The molecule has 0 unspecified atom stereocenters. The molecule has 3 aromatic rings. The topological polar surface area (TPSA) is 143 Å². The third-order valence-corrected chi connectivity index (χ3v) is 5.93. The van der Waals surface area contributed by atoms with Crippen molar-refractivity contribution in [1.29, 1.82) is 0 Å². The number of H-pyrrole nitrogens is 1. The van der Waals surface area contributed by atoms with Crippen LogP contribution in [0.2, 0.25) is 0 Å². The van der Waals surface area contributed by atoms with Crippen LogP contribution >= 0.6 is 11.8 Å². The number of fused-ring (bicyclic) bond motifs is 2. The first kappa shape index (κ1) is 23.4. The molecule has 0 bridgehead atoms. The third kappa shape index (κ3) is 5.79. The van der Waals surface area contributed by atoms with E-state index in [0.717, 1.165) is 11.3 Å². The van der Waals surface area contributed by atoms with E-state index < -0.39 is 17.7 Å². The fourth-order valence-electron chi connectivity index (χ4n) is 3.60. The van der Waals surface area contributed by atoms with Gasteiger partial charge in [-0.15, -0.1) is 0 Å². The monoisotopic (exact) mass is 484 g/mol. The molecule has 1 aliphatic rings. The Hall–Kier alpha value is -3.73. The lowest BCUT2D eigenvalue weighted by molar-refractivity contribution is -0.127. The van der Waals surface area contributed by atoms with Gasteiger partial charge in [-0.1, -0.05) is 0 Å². The van der Waals surface area contributed by atoms with Gasteiger partial charge in [0.05, 0.1) is 5.52 Å². The van der Waals surface area contributed by atoms with Crippen molar-refractivity contribution in [3.8, 4) is 5.75 Å². The number of carbonyl (C=O) groups is 3. The maximum absolute atomic E-state index is 12.9. The molecule has 10 nitrogen and oxygen atoms in total. The number of aryl methyl sites for hydroxylation is 1. The Labute approximate surface area is 198 Å². The highest BCUT2D eigenvalue weighted by molar-refractivity contribution is 7.98. The highest BCUT2D eigenvalue weighted by Crippen LogP contribution is 2.26. The molecular formula is C23H24N4O6S. The third-order valence-electron chi connectivity index (χ3n) is 5.29. The standard InChI is InChI=1S/C23H24N4O6S/c1-34-9-8-17(22(30)24-14-3-6-19-18(11-14)27-23(31)33-19)26-21(29)12-32-15-4-5-16-13(10-15)2-7-20(28)25-16/h3-6,10-11,17H,2,7-9,12H2,1H3,(H,24,30)(H,25,28)(H,26,29)(H,27,31)/t17-/m0/s1. The van der Waals surface area contributed by atoms with Crippen molar-refractivity contribution >= 4 is 52.0 Å². The van der Waals surface area contributed by atoms with Crippen LogP contribution in [0.15, 0.2) is 45.6 Å². The quantitative estimate of drug-likeness (QED) is 0.365. The van der Waals surface area contributed by atoms with Crippen LogP contribution < -0.4 is 26.4 Å². The molecule has 4 N–H and O–H groups in total. The van der Waals surface area contributed by atoms with E-state index in [0.29, 0.717) is 47.6 Å². The molecule has 1 aliphatic heterocycles. The SMILES string of the molecule is CSCC[C@H](NC(=O)COc1ccc2c(c1)CCC(=O)N2)C(=O)Nc1ccc2oc(=O)[nH]c2c1. The lowest BCUT2D eigenvalue weighted by Gasteiger charge is -2.19. The number of anilines is 2. The van der Waals surface area contributed by atoms with Crippen LogP contribution in [0, 0.1) is 0 Å². The summed E-state index contributed by atoms with van der Waals surface area (Å²) < 4.78 is 10.6. The van der Waals surface area contributed by atoms with Crippen LogP contribution in [0.4, 0.5) is 11.4 Å². The van der Waals surface area contributed by atoms with Gasteiger partial charge >= 0.3 is 5.76 Å². The Balaban J connectivity index is 1.35. The summed E-state index contributed by atoms with van der Waals surface area (Å²) >= 11 is 1.56. The van der Waals surface area contributed by atoms with Crippen LogP contribution in [-0.4, -0.2) is 47.4 Å². The second-order valence-electron chi connectivity index (χ2n) is 7.77. The average molecular weight is 485 g/mol. The summed E-state index contributed by atoms with van der Waals surface area (Å²) in [5.74, 6) is -0.221. The van der Waals surface area contributed by atoms with E-state index in [2.05, 4.69) is 20.9 Å². The number of ether oxygens (including phenoxy) is 1. The molecule has 4 rings (SSSR count). The maximum Gasteiger partial charge on any atom is 0.417 e. The van der Waals surface area contributed by atoms with Crippen LogP contribution in [0.3, 0.4) is 0 Å². The number of benzene rings is 2. The Morgan fingerprint density at radius 1 is 1.18 bits per heavy atom. The van der Waals surface area contributed by atoms with Gasteiger partial charge in [0.15, 0.2) is 12.2 Å². The molecular weight excluding hydrogens is 460 g/mol. The van der Waals surface area contributed by atoms with Gasteiger partial charge < -0.3 is 25.1 Å². The van der Waals surface area contributed by atoms with Gasteiger partial charge in [-0.05, 0) is 66.8 Å². The molecule has 0 saturated carbocycles. The smallest absolute Gasteiger partial charge is 0.417 e. The molecule has 0 spiro atoms. The van der Waals surface area contributed by atoms with Crippen molar-refractivity contribution in [2.45, 2.75) is 25.3 Å². The Morgan fingerprint density at radius 3 is 2.85 bits per heavy atom. The van der Waals surface area contributed by atoms with E-state index in [9.17, 15) is 19.2 Å². The van der Waals surface area contributed by atoms with Crippen LogP contribution in [0.1, 0.15) is 18.4 Å². The van der Waals surface area contributed by atoms with Gasteiger partial charge in [-0.25, -0.2) is 4.79 Å². The molecule has 34 heavy (non-hydrogen) atoms. The zero-order valence-electron chi connectivity index (χ0n) is 18.4. The fraction of sp³-hybridized carbons (Fsp3) is 0.304. The maximum atomic E-state index is 12.9. The number of amides is 3. The first-order valence-electron chi connectivity index (χ1n) is 10.7. The van der Waals surface area contributed by atoms with Crippen molar-refractivity contribution in [2.24, 2.45) is 0 Å². The second-order valence-corrected chi connectivity index (χ2v) is 8.76. The summed E-state index contributed by atoms with van der Waals surface area (Å²) in [6, 6.07) is 9.26. The van der Waals surface area contributed by atoms with E-state index in [1.807, 2.05) is 6.26 Å². The van der Waals surface area contributed by atoms with Crippen molar-refractivity contribution in [3.63, 3.8) is 0 Å². The summed E-state index contributed by atoms with van der Waals surface area (Å²) in [6.45, 7) is -0.254. The highest BCUT2D eigenvalue weighted by atomic mass is 32.2. The Bertz CT molecular complexity index is 1280.